The van der Waals surface area contributed by atoms with Gasteiger partial charge in [-0.2, -0.15) is 0 Å². The van der Waals surface area contributed by atoms with Gasteiger partial charge < -0.3 is 10.4 Å². The van der Waals surface area contributed by atoms with E-state index in [0.717, 1.165) is 11.1 Å². The number of nitrogens with one attached hydrogen (secondary N) is 1. The molecule has 0 radical (unpaired) electrons. The van der Waals surface area contributed by atoms with Gasteiger partial charge in [-0.25, -0.2) is 0 Å². The molecule has 2 rings (SSSR count). The third kappa shape index (κ3) is 4.07. The molecule has 0 bridgehead atoms. The van der Waals surface area contributed by atoms with E-state index in [4.69, 9.17) is 16.7 Å². The first-order valence-corrected chi connectivity index (χ1v) is 6.72. The van der Waals surface area contributed by atoms with Crippen molar-refractivity contribution in [3.63, 3.8) is 0 Å². The van der Waals surface area contributed by atoms with Crippen LogP contribution in [0.25, 0.3) is 11.1 Å². The van der Waals surface area contributed by atoms with Gasteiger partial charge in [0, 0.05) is 17.6 Å². The summed E-state index contributed by atoms with van der Waals surface area (Å²) >= 11 is 5.86. The summed E-state index contributed by atoms with van der Waals surface area (Å²) in [6.07, 6.45) is -0.120. The number of benzene rings is 2. The van der Waals surface area contributed by atoms with Crippen molar-refractivity contribution < 1.29 is 14.7 Å². The Bertz CT molecular complexity index is 680. The predicted molar refractivity (Wildman–Crippen MR) is 82.5 cm³/mol. The second kappa shape index (κ2) is 6.41. The highest BCUT2D eigenvalue weighted by molar-refractivity contribution is 6.30. The number of aliphatic carboxylic acids is 1. The molecule has 4 nitrogen and oxygen atoms in total. The molecule has 2 aromatic rings. The maximum atomic E-state index is 11.1. The van der Waals surface area contributed by atoms with Crippen molar-refractivity contribution in [3.8, 4) is 11.1 Å². The van der Waals surface area contributed by atoms with Crippen LogP contribution in [0.2, 0.25) is 5.02 Å². The molecule has 1 amide bonds. The zero-order chi connectivity index (χ0) is 15.4. The summed E-state index contributed by atoms with van der Waals surface area (Å²) in [5, 5.41) is 12.3. The van der Waals surface area contributed by atoms with Crippen molar-refractivity contribution in [1.29, 1.82) is 0 Å². The zero-order valence-electron chi connectivity index (χ0n) is 11.4. The van der Waals surface area contributed by atoms with Crippen molar-refractivity contribution >= 4 is 29.2 Å². The van der Waals surface area contributed by atoms with Gasteiger partial charge in [-0.1, -0.05) is 29.8 Å². The summed E-state index contributed by atoms with van der Waals surface area (Å²) in [5.74, 6) is -1.12. The van der Waals surface area contributed by atoms with Gasteiger partial charge in [0.05, 0.1) is 6.42 Å². The van der Waals surface area contributed by atoms with Crippen LogP contribution in [-0.2, 0) is 16.0 Å². The van der Waals surface area contributed by atoms with Crippen molar-refractivity contribution in [3.05, 3.63) is 53.1 Å². The van der Waals surface area contributed by atoms with Crippen molar-refractivity contribution in [2.75, 3.05) is 5.32 Å². The number of rotatable bonds is 4. The molecule has 0 spiro atoms. The summed E-state index contributed by atoms with van der Waals surface area (Å²) in [6.45, 7) is 1.41. The Hall–Kier alpha value is -2.33. The van der Waals surface area contributed by atoms with E-state index in [2.05, 4.69) is 5.32 Å². The summed E-state index contributed by atoms with van der Waals surface area (Å²) in [7, 11) is 0. The molecule has 0 aliphatic rings. The largest absolute Gasteiger partial charge is 0.481 e. The number of amides is 1. The van der Waals surface area contributed by atoms with Gasteiger partial charge in [0.1, 0.15) is 0 Å². The third-order valence-corrected chi connectivity index (χ3v) is 3.17. The van der Waals surface area contributed by atoms with Crippen LogP contribution in [-0.4, -0.2) is 17.0 Å². The normalized spacial score (nSPS) is 10.2. The van der Waals surface area contributed by atoms with E-state index in [1.54, 1.807) is 30.3 Å². The Kier molecular flexibility index (Phi) is 4.60. The summed E-state index contributed by atoms with van der Waals surface area (Å²) in [6, 6.07) is 12.4. The molecule has 0 aliphatic heterocycles. The highest BCUT2D eigenvalue weighted by Gasteiger charge is 2.10. The lowest BCUT2D eigenvalue weighted by molar-refractivity contribution is -0.136. The van der Waals surface area contributed by atoms with Crippen LogP contribution in [0.4, 0.5) is 5.69 Å². The molecule has 0 heterocycles. The molecule has 0 atom stereocenters. The number of carboxylic acid groups (broad SMARTS) is 1. The van der Waals surface area contributed by atoms with Crippen molar-refractivity contribution in [2.24, 2.45) is 0 Å². The second-order valence-electron chi connectivity index (χ2n) is 4.63. The maximum absolute atomic E-state index is 11.1. The number of anilines is 1. The lowest BCUT2D eigenvalue weighted by Gasteiger charge is -2.11. The standard InChI is InChI=1S/C16H14ClNO3/c1-10(19)18-14-6-7-15(12(8-14)9-16(20)21)11-2-4-13(17)5-3-11/h2-8H,9H2,1H3,(H,18,19)(H,20,21). The zero-order valence-corrected chi connectivity index (χ0v) is 12.1. The monoisotopic (exact) mass is 303 g/mol. The SMILES string of the molecule is CC(=O)Nc1ccc(-c2ccc(Cl)cc2)c(CC(=O)O)c1. The van der Waals surface area contributed by atoms with Crippen LogP contribution in [0.3, 0.4) is 0 Å². The Labute approximate surface area is 127 Å². The fourth-order valence-corrected chi connectivity index (χ4v) is 2.22. The van der Waals surface area contributed by atoms with Crippen LogP contribution in [0, 0.1) is 0 Å². The Morgan fingerprint density at radius 2 is 1.81 bits per heavy atom. The first-order chi connectivity index (χ1) is 9.95. The minimum atomic E-state index is -0.926. The van der Waals surface area contributed by atoms with Crippen LogP contribution in [0.1, 0.15) is 12.5 Å². The number of hydrogen-bond acceptors (Lipinski definition) is 2. The maximum Gasteiger partial charge on any atom is 0.307 e. The average Bonchev–Trinajstić information content (AvgIpc) is 2.39. The van der Waals surface area contributed by atoms with Crippen molar-refractivity contribution in [1.82, 2.24) is 0 Å². The molecular weight excluding hydrogens is 290 g/mol. The van der Waals surface area contributed by atoms with Gasteiger partial charge >= 0.3 is 5.97 Å². The van der Waals surface area contributed by atoms with E-state index < -0.39 is 5.97 Å². The molecule has 0 aliphatic carbocycles. The highest BCUT2D eigenvalue weighted by atomic mass is 35.5. The van der Waals surface area contributed by atoms with Gasteiger partial charge in [-0.15, -0.1) is 0 Å². The Morgan fingerprint density at radius 3 is 2.38 bits per heavy atom. The lowest BCUT2D eigenvalue weighted by Crippen LogP contribution is -2.08. The fourth-order valence-electron chi connectivity index (χ4n) is 2.09. The van der Waals surface area contributed by atoms with Gasteiger partial charge in [0.25, 0.3) is 0 Å². The van der Waals surface area contributed by atoms with Crippen LogP contribution < -0.4 is 5.32 Å². The second-order valence-corrected chi connectivity index (χ2v) is 5.07. The van der Waals surface area contributed by atoms with E-state index >= 15 is 0 Å². The number of carbonyl (C=O) groups excluding carboxylic acids is 1. The minimum Gasteiger partial charge on any atom is -0.481 e. The fraction of sp³-hybridized carbons (Fsp3) is 0.125. The van der Waals surface area contributed by atoms with Gasteiger partial charge in [0.2, 0.25) is 5.91 Å². The van der Waals surface area contributed by atoms with Gasteiger partial charge in [-0.05, 0) is 41.0 Å². The molecule has 21 heavy (non-hydrogen) atoms. The molecule has 0 saturated carbocycles. The highest BCUT2D eigenvalue weighted by Crippen LogP contribution is 2.28. The van der Waals surface area contributed by atoms with Crippen molar-refractivity contribution in [2.45, 2.75) is 13.3 Å². The van der Waals surface area contributed by atoms with Gasteiger partial charge in [-0.3, -0.25) is 9.59 Å². The summed E-state index contributed by atoms with van der Waals surface area (Å²) in [4.78, 5) is 22.1. The minimum absolute atomic E-state index is 0.120. The molecule has 0 unspecified atom stereocenters. The smallest absolute Gasteiger partial charge is 0.307 e. The number of halogens is 1. The van der Waals surface area contributed by atoms with E-state index in [1.807, 2.05) is 12.1 Å². The number of carboxylic acids is 1. The van der Waals surface area contributed by atoms with E-state index in [-0.39, 0.29) is 12.3 Å². The Balaban J connectivity index is 2.46. The molecule has 108 valence electrons. The number of hydrogen-bond donors (Lipinski definition) is 2. The predicted octanol–water partition coefficient (Wildman–Crippen LogP) is 3.59. The van der Waals surface area contributed by atoms with E-state index in [9.17, 15) is 9.59 Å². The van der Waals surface area contributed by atoms with E-state index in [0.29, 0.717) is 16.3 Å². The van der Waals surface area contributed by atoms with Crippen LogP contribution in [0.15, 0.2) is 42.5 Å². The molecule has 0 fully saturated rings. The molecule has 0 saturated heterocycles. The van der Waals surface area contributed by atoms with E-state index in [1.165, 1.54) is 6.92 Å². The first kappa shape index (κ1) is 15.1. The first-order valence-electron chi connectivity index (χ1n) is 6.34. The molecule has 2 aromatic carbocycles. The topological polar surface area (TPSA) is 66.4 Å². The van der Waals surface area contributed by atoms with Gasteiger partial charge in [0.15, 0.2) is 0 Å². The Morgan fingerprint density at radius 1 is 1.14 bits per heavy atom. The lowest BCUT2D eigenvalue weighted by atomic mass is 9.97. The average molecular weight is 304 g/mol. The molecular formula is C16H14ClNO3. The van der Waals surface area contributed by atoms with Crippen LogP contribution in [0.5, 0.6) is 0 Å². The number of carbonyl (C=O) groups is 2. The quantitative estimate of drug-likeness (QED) is 0.907. The summed E-state index contributed by atoms with van der Waals surface area (Å²) in [5.41, 5.74) is 2.90. The molecule has 5 heteroatoms. The third-order valence-electron chi connectivity index (χ3n) is 2.92. The summed E-state index contributed by atoms with van der Waals surface area (Å²) < 4.78 is 0. The molecule has 0 aromatic heterocycles. The molecule has 2 N–H and O–H groups in total. The van der Waals surface area contributed by atoms with Crippen LogP contribution >= 0.6 is 11.6 Å².